The summed E-state index contributed by atoms with van der Waals surface area (Å²) in [6.07, 6.45) is 3.40. The van der Waals surface area contributed by atoms with Gasteiger partial charge in [-0.3, -0.25) is 4.79 Å². The maximum atomic E-state index is 13.0. The van der Waals surface area contributed by atoms with E-state index in [0.29, 0.717) is 11.4 Å². The minimum absolute atomic E-state index is 0.0547. The van der Waals surface area contributed by atoms with Gasteiger partial charge in [0.05, 0.1) is 4.90 Å². The van der Waals surface area contributed by atoms with Gasteiger partial charge in [0, 0.05) is 49.4 Å². The molecule has 172 valence electrons. The summed E-state index contributed by atoms with van der Waals surface area (Å²) in [5, 5.41) is 0.728. The predicted octanol–water partition coefficient (Wildman–Crippen LogP) is 3.77. The van der Waals surface area contributed by atoms with E-state index in [0.717, 1.165) is 62.6 Å². The van der Waals surface area contributed by atoms with E-state index in [9.17, 15) is 13.2 Å². The molecule has 4 rings (SSSR count). The molecule has 2 aromatic rings. The van der Waals surface area contributed by atoms with E-state index in [-0.39, 0.29) is 17.7 Å². The minimum Gasteiger partial charge on any atom is -0.368 e. The van der Waals surface area contributed by atoms with E-state index in [1.165, 1.54) is 0 Å². The third-order valence-corrected chi connectivity index (χ3v) is 8.29. The van der Waals surface area contributed by atoms with Crippen LogP contribution in [0.1, 0.15) is 25.7 Å². The minimum atomic E-state index is -3.47. The van der Waals surface area contributed by atoms with Crippen molar-refractivity contribution < 1.29 is 13.2 Å². The van der Waals surface area contributed by atoms with E-state index in [1.807, 2.05) is 29.2 Å². The van der Waals surface area contributed by atoms with Crippen molar-refractivity contribution in [3.05, 3.63) is 59.6 Å². The van der Waals surface area contributed by atoms with E-state index in [2.05, 4.69) is 9.62 Å². The molecular formula is C24H30ClN3O3S. The summed E-state index contributed by atoms with van der Waals surface area (Å²) in [7, 11) is -3.47. The van der Waals surface area contributed by atoms with Crippen LogP contribution in [0.4, 0.5) is 5.69 Å². The van der Waals surface area contributed by atoms with Gasteiger partial charge in [-0.2, -0.15) is 0 Å². The number of nitrogens with one attached hydrogen (secondary N) is 1. The summed E-state index contributed by atoms with van der Waals surface area (Å²) < 4.78 is 27.6. The van der Waals surface area contributed by atoms with Crippen LogP contribution in [0.15, 0.2) is 59.5 Å². The number of nitrogens with zero attached hydrogens (tertiary/aromatic N) is 2. The van der Waals surface area contributed by atoms with Crippen LogP contribution in [0.3, 0.4) is 0 Å². The number of benzene rings is 2. The Morgan fingerprint density at radius 3 is 2.16 bits per heavy atom. The highest BCUT2D eigenvalue weighted by Crippen LogP contribution is 2.30. The van der Waals surface area contributed by atoms with Crippen molar-refractivity contribution in [3.8, 4) is 0 Å². The first-order chi connectivity index (χ1) is 15.4. The van der Waals surface area contributed by atoms with Crippen LogP contribution >= 0.6 is 11.6 Å². The number of piperazine rings is 1. The Kier molecular flexibility index (Phi) is 7.38. The zero-order valence-corrected chi connectivity index (χ0v) is 19.7. The molecule has 1 heterocycles. The van der Waals surface area contributed by atoms with Crippen molar-refractivity contribution in [2.45, 2.75) is 30.6 Å². The third kappa shape index (κ3) is 5.63. The van der Waals surface area contributed by atoms with Gasteiger partial charge < -0.3 is 9.80 Å². The Balaban J connectivity index is 1.21. The first-order valence-corrected chi connectivity index (χ1v) is 13.1. The second kappa shape index (κ2) is 10.2. The lowest BCUT2D eigenvalue weighted by molar-refractivity contribution is -0.137. The number of hydrogen-bond acceptors (Lipinski definition) is 4. The Hall–Kier alpha value is -2.09. The lowest BCUT2D eigenvalue weighted by Gasteiger charge is -2.38. The van der Waals surface area contributed by atoms with Crippen LogP contribution in [0.5, 0.6) is 0 Å². The molecule has 0 radical (unpaired) electrons. The lowest BCUT2D eigenvalue weighted by Crippen LogP contribution is -2.50. The van der Waals surface area contributed by atoms with Crippen molar-refractivity contribution in [2.24, 2.45) is 11.8 Å². The quantitative estimate of drug-likeness (QED) is 0.690. The molecule has 1 saturated heterocycles. The van der Waals surface area contributed by atoms with Gasteiger partial charge in [-0.1, -0.05) is 29.8 Å². The summed E-state index contributed by atoms with van der Waals surface area (Å²) in [5.41, 5.74) is 1.14. The SMILES string of the molecule is O=C(C1CCC(CNS(=O)(=O)c2ccccc2)CC1)N1CCN(c2ccc(Cl)cc2)CC1. The first-order valence-electron chi connectivity index (χ1n) is 11.3. The molecule has 8 heteroatoms. The predicted molar refractivity (Wildman–Crippen MR) is 127 cm³/mol. The average molecular weight is 476 g/mol. The highest BCUT2D eigenvalue weighted by Gasteiger charge is 2.31. The average Bonchev–Trinajstić information content (AvgIpc) is 2.84. The van der Waals surface area contributed by atoms with E-state index < -0.39 is 10.0 Å². The first kappa shape index (κ1) is 23.1. The second-order valence-corrected chi connectivity index (χ2v) is 10.9. The van der Waals surface area contributed by atoms with Crippen molar-refractivity contribution in [2.75, 3.05) is 37.6 Å². The number of sulfonamides is 1. The largest absolute Gasteiger partial charge is 0.368 e. The number of carbonyl (C=O) groups excluding carboxylic acids is 1. The fourth-order valence-corrected chi connectivity index (χ4v) is 5.88. The molecule has 0 unspecified atom stereocenters. The molecule has 32 heavy (non-hydrogen) atoms. The molecule has 1 amide bonds. The van der Waals surface area contributed by atoms with Crippen molar-refractivity contribution in [3.63, 3.8) is 0 Å². The maximum absolute atomic E-state index is 13.0. The van der Waals surface area contributed by atoms with Crippen molar-refractivity contribution >= 4 is 33.2 Å². The van der Waals surface area contributed by atoms with Crippen LogP contribution in [-0.4, -0.2) is 51.9 Å². The summed E-state index contributed by atoms with van der Waals surface area (Å²) in [4.78, 5) is 17.6. The van der Waals surface area contributed by atoms with Crippen LogP contribution in [-0.2, 0) is 14.8 Å². The molecule has 2 fully saturated rings. The maximum Gasteiger partial charge on any atom is 0.240 e. The highest BCUT2D eigenvalue weighted by molar-refractivity contribution is 7.89. The normalized spacial score (nSPS) is 22.0. The van der Waals surface area contributed by atoms with Gasteiger partial charge in [-0.05, 0) is 68.0 Å². The summed E-state index contributed by atoms with van der Waals surface area (Å²) in [6, 6.07) is 16.3. The zero-order chi connectivity index (χ0) is 22.6. The molecular weight excluding hydrogens is 446 g/mol. The molecule has 2 aliphatic rings. The third-order valence-electron chi connectivity index (χ3n) is 6.59. The Morgan fingerprint density at radius 2 is 1.53 bits per heavy atom. The smallest absolute Gasteiger partial charge is 0.240 e. The molecule has 1 aliphatic heterocycles. The van der Waals surface area contributed by atoms with Gasteiger partial charge in [0.2, 0.25) is 15.9 Å². The van der Waals surface area contributed by atoms with Gasteiger partial charge in [0.25, 0.3) is 0 Å². The zero-order valence-electron chi connectivity index (χ0n) is 18.1. The van der Waals surface area contributed by atoms with Crippen molar-refractivity contribution in [1.82, 2.24) is 9.62 Å². The van der Waals surface area contributed by atoms with Gasteiger partial charge in [-0.15, -0.1) is 0 Å². The Bertz CT molecular complexity index is 999. The topological polar surface area (TPSA) is 69.7 Å². The number of amides is 1. The van der Waals surface area contributed by atoms with E-state index >= 15 is 0 Å². The van der Waals surface area contributed by atoms with Crippen LogP contribution in [0.25, 0.3) is 0 Å². The molecule has 1 saturated carbocycles. The van der Waals surface area contributed by atoms with E-state index in [1.54, 1.807) is 30.3 Å². The lowest BCUT2D eigenvalue weighted by atomic mass is 9.81. The fraction of sp³-hybridized carbons (Fsp3) is 0.458. The summed E-state index contributed by atoms with van der Waals surface area (Å²) >= 11 is 5.98. The fourth-order valence-electron chi connectivity index (χ4n) is 4.62. The molecule has 1 aliphatic carbocycles. The van der Waals surface area contributed by atoms with Gasteiger partial charge in [-0.25, -0.2) is 13.1 Å². The molecule has 0 atom stereocenters. The van der Waals surface area contributed by atoms with Crippen LogP contribution in [0, 0.1) is 11.8 Å². The van der Waals surface area contributed by atoms with Crippen LogP contribution < -0.4 is 9.62 Å². The van der Waals surface area contributed by atoms with Crippen LogP contribution in [0.2, 0.25) is 5.02 Å². The number of anilines is 1. The standard InChI is InChI=1S/C24H30ClN3O3S/c25-21-10-12-22(13-11-21)27-14-16-28(17-15-27)24(29)20-8-6-19(7-9-20)18-26-32(30,31)23-4-2-1-3-5-23/h1-5,10-13,19-20,26H,6-9,14-18H2. The number of halogens is 1. The van der Waals surface area contributed by atoms with Gasteiger partial charge in [0.1, 0.15) is 0 Å². The Morgan fingerprint density at radius 1 is 0.906 bits per heavy atom. The molecule has 0 spiro atoms. The molecule has 0 bridgehead atoms. The molecule has 2 aromatic carbocycles. The Labute approximate surface area is 195 Å². The molecule has 1 N–H and O–H groups in total. The number of carbonyl (C=O) groups is 1. The second-order valence-electron chi connectivity index (χ2n) is 8.67. The summed E-state index contributed by atoms with van der Waals surface area (Å²) in [6.45, 7) is 3.54. The van der Waals surface area contributed by atoms with Gasteiger partial charge >= 0.3 is 0 Å². The molecule has 0 aromatic heterocycles. The number of hydrogen-bond donors (Lipinski definition) is 1. The van der Waals surface area contributed by atoms with Crippen molar-refractivity contribution in [1.29, 1.82) is 0 Å². The summed E-state index contributed by atoms with van der Waals surface area (Å²) in [5.74, 6) is 0.586. The number of rotatable bonds is 6. The van der Waals surface area contributed by atoms with E-state index in [4.69, 9.17) is 11.6 Å². The molecule has 6 nitrogen and oxygen atoms in total. The van der Waals surface area contributed by atoms with Gasteiger partial charge in [0.15, 0.2) is 0 Å². The monoisotopic (exact) mass is 475 g/mol. The highest BCUT2D eigenvalue weighted by atomic mass is 35.5.